The summed E-state index contributed by atoms with van der Waals surface area (Å²) >= 11 is 0. The Bertz CT molecular complexity index is 1270. The van der Waals surface area contributed by atoms with Crippen molar-refractivity contribution in [2.75, 3.05) is 19.5 Å². The third-order valence-electron chi connectivity index (χ3n) is 6.28. The van der Waals surface area contributed by atoms with Gasteiger partial charge in [-0.25, -0.2) is 14.4 Å². The van der Waals surface area contributed by atoms with E-state index in [2.05, 4.69) is 31.2 Å². The number of ether oxygens (including phenoxy) is 2. The predicted octanol–water partition coefficient (Wildman–Crippen LogP) is 1.13. The fraction of sp³-hybridized carbons (Fsp3) is 0.440. The van der Waals surface area contributed by atoms with Crippen LogP contribution in [-0.2, 0) is 16.0 Å². The summed E-state index contributed by atoms with van der Waals surface area (Å²) in [5.74, 6) is -2.19. The van der Waals surface area contributed by atoms with Gasteiger partial charge >= 0.3 is 17.7 Å². The summed E-state index contributed by atoms with van der Waals surface area (Å²) in [7, 11) is 2.75. The Balaban J connectivity index is 1.82. The smallest absolute Gasteiger partial charge is 0.346 e. The first-order valence-electron chi connectivity index (χ1n) is 12.3. The number of aromatic amines is 1. The van der Waals surface area contributed by atoms with Crippen molar-refractivity contribution in [2.45, 2.75) is 57.2 Å². The topological polar surface area (TPSA) is 201 Å². The van der Waals surface area contributed by atoms with Crippen LogP contribution in [0.15, 0.2) is 29.2 Å². The van der Waals surface area contributed by atoms with Crippen molar-refractivity contribution in [1.29, 1.82) is 0 Å². The second-order valence-corrected chi connectivity index (χ2v) is 9.09. The minimum absolute atomic E-state index is 0.0403. The lowest BCUT2D eigenvalue weighted by Crippen LogP contribution is -2.64. The highest BCUT2D eigenvalue weighted by atomic mass is 16.5. The Labute approximate surface area is 223 Å². The maximum atomic E-state index is 13.1. The van der Waals surface area contributed by atoms with Gasteiger partial charge in [0.15, 0.2) is 0 Å². The molecule has 14 nitrogen and oxygen atoms in total. The van der Waals surface area contributed by atoms with Crippen molar-refractivity contribution in [3.8, 4) is 11.5 Å². The number of H-pyrrole nitrogens is 1. The Morgan fingerprint density at radius 3 is 2.28 bits per heavy atom. The van der Waals surface area contributed by atoms with Gasteiger partial charge in [0.05, 0.1) is 14.2 Å². The van der Waals surface area contributed by atoms with Gasteiger partial charge in [-0.15, -0.1) is 0 Å². The molecule has 1 unspecified atom stereocenters. The largest absolute Gasteiger partial charge is 0.496 e. The zero-order valence-electron chi connectivity index (χ0n) is 21.9. The Kier molecular flexibility index (Phi) is 9.47. The van der Waals surface area contributed by atoms with Crippen LogP contribution in [-0.4, -0.2) is 64.8 Å². The highest BCUT2D eigenvalue weighted by Gasteiger charge is 2.35. The monoisotopic (exact) mass is 544 g/mol. The molecule has 1 aromatic heterocycles. The number of methoxy groups -OCH3 is 2. The lowest BCUT2D eigenvalue weighted by molar-refractivity contribution is -0.139. The van der Waals surface area contributed by atoms with Gasteiger partial charge < -0.3 is 40.8 Å². The van der Waals surface area contributed by atoms with E-state index >= 15 is 0 Å². The van der Waals surface area contributed by atoms with Crippen LogP contribution in [0.2, 0.25) is 0 Å². The summed E-state index contributed by atoms with van der Waals surface area (Å²) in [5, 5.41) is 20.2. The third-order valence-corrected chi connectivity index (χ3v) is 6.28. The average Bonchev–Trinajstić information content (AvgIpc) is 2.88. The summed E-state index contributed by atoms with van der Waals surface area (Å²) in [4.78, 5) is 67.8. The number of nitrogens with one attached hydrogen (secondary N) is 5. The number of urea groups is 1. The number of aromatic nitrogens is 2. The molecule has 1 fully saturated rings. The van der Waals surface area contributed by atoms with Crippen LogP contribution in [0.1, 0.15) is 54.9 Å². The first kappa shape index (κ1) is 28.9. The number of hydrogen-bond acceptors (Lipinski definition) is 8. The summed E-state index contributed by atoms with van der Waals surface area (Å²) in [6, 6.07) is 2.47. The Hall–Kier alpha value is -4.62. The molecule has 0 radical (unpaired) electrons. The molecule has 1 saturated carbocycles. The molecular formula is C25H32N6O8. The molecule has 2 aromatic rings. The molecule has 0 aliphatic heterocycles. The minimum Gasteiger partial charge on any atom is -0.496 e. The van der Waals surface area contributed by atoms with Gasteiger partial charge in [0.1, 0.15) is 34.6 Å². The van der Waals surface area contributed by atoms with Crippen molar-refractivity contribution < 1.29 is 33.8 Å². The lowest BCUT2D eigenvalue weighted by atomic mass is 9.89. The zero-order chi connectivity index (χ0) is 28.6. The quantitative estimate of drug-likeness (QED) is 0.237. The van der Waals surface area contributed by atoms with Crippen LogP contribution >= 0.6 is 0 Å². The number of carboxylic acids is 1. The van der Waals surface area contributed by atoms with Crippen molar-refractivity contribution in [2.24, 2.45) is 0 Å². The van der Waals surface area contributed by atoms with Gasteiger partial charge in [-0.1, -0.05) is 12.5 Å². The summed E-state index contributed by atoms with van der Waals surface area (Å²) < 4.78 is 10.5. The minimum atomic E-state index is -1.47. The van der Waals surface area contributed by atoms with Gasteiger partial charge in [-0.2, -0.15) is 4.98 Å². The standard InChI is InChI=1S/C25H32N6O8/c1-14(32)30-25(10-5-4-6-11-25)31-24(37)27-16(22(34)35)12-15-13-26-23(36)29-20(15)28-21(33)19-17(38-2)8-7-9-18(19)39-3/h7-9,13,16H,4-6,10-12H2,1-3H3,(H,30,32)(H,34,35)(H2,27,31,37)(H2,26,28,29,33,36). The second-order valence-electron chi connectivity index (χ2n) is 9.09. The van der Waals surface area contributed by atoms with E-state index in [4.69, 9.17) is 9.47 Å². The molecule has 39 heavy (non-hydrogen) atoms. The highest BCUT2D eigenvalue weighted by Crippen LogP contribution is 2.29. The first-order valence-corrected chi connectivity index (χ1v) is 12.3. The van der Waals surface area contributed by atoms with E-state index < -0.39 is 35.3 Å². The number of hydrogen-bond donors (Lipinski definition) is 6. The first-order chi connectivity index (χ1) is 18.6. The third kappa shape index (κ3) is 7.46. The van der Waals surface area contributed by atoms with E-state index in [9.17, 15) is 29.1 Å². The van der Waals surface area contributed by atoms with Crippen LogP contribution in [0.5, 0.6) is 11.5 Å². The molecule has 210 valence electrons. The molecule has 1 heterocycles. The number of benzene rings is 1. The average molecular weight is 545 g/mol. The summed E-state index contributed by atoms with van der Waals surface area (Å²) in [6.07, 6.45) is 4.40. The second kappa shape index (κ2) is 12.8. The normalized spacial score (nSPS) is 14.8. The van der Waals surface area contributed by atoms with Crippen LogP contribution in [0, 0.1) is 0 Å². The van der Waals surface area contributed by atoms with Gasteiger partial charge in [-0.05, 0) is 37.8 Å². The number of carbonyl (C=O) groups excluding carboxylic acids is 3. The number of carboxylic acid groups (broad SMARTS) is 1. The lowest BCUT2D eigenvalue weighted by Gasteiger charge is -2.38. The maximum absolute atomic E-state index is 13.1. The molecular weight excluding hydrogens is 512 g/mol. The summed E-state index contributed by atoms with van der Waals surface area (Å²) in [6.45, 7) is 1.34. The van der Waals surface area contributed by atoms with Gasteiger partial charge in [0.25, 0.3) is 5.91 Å². The number of aliphatic carboxylic acids is 1. The van der Waals surface area contributed by atoms with Crippen molar-refractivity contribution in [3.05, 3.63) is 46.0 Å². The SMILES string of the molecule is COc1cccc(OC)c1C(=O)Nc1nc(=O)[nH]cc1CC(NC(=O)NC1(NC(C)=O)CCCCC1)C(=O)O. The summed E-state index contributed by atoms with van der Waals surface area (Å²) in [5.41, 5.74) is -1.59. The van der Waals surface area contributed by atoms with Crippen LogP contribution in [0.3, 0.4) is 0 Å². The van der Waals surface area contributed by atoms with Crippen LogP contribution in [0.4, 0.5) is 10.6 Å². The Morgan fingerprint density at radius 1 is 1.08 bits per heavy atom. The molecule has 1 atom stereocenters. The van der Waals surface area contributed by atoms with E-state index in [1.165, 1.54) is 27.3 Å². The fourth-order valence-corrected chi connectivity index (χ4v) is 4.54. The molecule has 4 amide bonds. The van der Waals surface area contributed by atoms with Crippen LogP contribution in [0.25, 0.3) is 0 Å². The number of nitrogens with zero attached hydrogens (tertiary/aromatic N) is 1. The Morgan fingerprint density at radius 2 is 1.72 bits per heavy atom. The van der Waals surface area contributed by atoms with Crippen molar-refractivity contribution >= 4 is 29.6 Å². The zero-order valence-corrected chi connectivity index (χ0v) is 21.9. The van der Waals surface area contributed by atoms with E-state index in [0.717, 1.165) is 19.3 Å². The molecule has 14 heteroatoms. The van der Waals surface area contributed by atoms with Crippen molar-refractivity contribution in [3.63, 3.8) is 0 Å². The predicted molar refractivity (Wildman–Crippen MR) is 139 cm³/mol. The molecule has 0 bridgehead atoms. The number of amides is 4. The van der Waals surface area contributed by atoms with Crippen LogP contribution < -0.4 is 36.4 Å². The highest BCUT2D eigenvalue weighted by molar-refractivity contribution is 6.08. The molecule has 6 N–H and O–H groups in total. The van der Waals surface area contributed by atoms with Gasteiger partial charge in [0.2, 0.25) is 5.91 Å². The van der Waals surface area contributed by atoms with E-state index in [0.29, 0.717) is 12.8 Å². The van der Waals surface area contributed by atoms with E-state index in [1.54, 1.807) is 18.2 Å². The number of rotatable bonds is 10. The molecule has 1 aliphatic rings. The van der Waals surface area contributed by atoms with E-state index in [-0.39, 0.29) is 40.8 Å². The molecule has 3 rings (SSSR count). The fourth-order valence-electron chi connectivity index (χ4n) is 4.54. The maximum Gasteiger partial charge on any atom is 0.346 e. The van der Waals surface area contributed by atoms with Crippen molar-refractivity contribution in [1.82, 2.24) is 25.9 Å². The van der Waals surface area contributed by atoms with E-state index in [1.807, 2.05) is 0 Å². The molecule has 0 saturated heterocycles. The van der Waals surface area contributed by atoms with Gasteiger partial charge in [-0.3, -0.25) is 9.59 Å². The molecule has 0 spiro atoms. The number of carbonyl (C=O) groups is 4. The number of anilines is 1. The molecule has 1 aliphatic carbocycles. The van der Waals surface area contributed by atoms with Gasteiger partial charge in [0, 0.05) is 25.1 Å². The molecule has 1 aromatic carbocycles.